The number of ether oxygens (including phenoxy) is 1. The van der Waals surface area contributed by atoms with Crippen molar-refractivity contribution >= 4 is 21.9 Å². The molecule has 28 heavy (non-hydrogen) atoms. The van der Waals surface area contributed by atoms with E-state index in [1.807, 2.05) is 0 Å². The van der Waals surface area contributed by atoms with Crippen LogP contribution in [0.3, 0.4) is 0 Å². The molecule has 2 aromatic rings. The van der Waals surface area contributed by atoms with E-state index in [9.17, 15) is 22.4 Å². The first-order valence-corrected chi connectivity index (χ1v) is 9.76. The van der Waals surface area contributed by atoms with Crippen LogP contribution in [0.5, 0.6) is 0 Å². The molecular formula is C18H20FN3O5S. The van der Waals surface area contributed by atoms with Gasteiger partial charge in [0.05, 0.1) is 0 Å². The lowest BCUT2D eigenvalue weighted by Gasteiger charge is -2.16. The number of nitrogens with one attached hydrogen (secondary N) is 1. The Morgan fingerprint density at radius 1 is 1.21 bits per heavy atom. The van der Waals surface area contributed by atoms with E-state index in [-0.39, 0.29) is 17.3 Å². The van der Waals surface area contributed by atoms with Gasteiger partial charge in [0.2, 0.25) is 10.0 Å². The lowest BCUT2D eigenvalue weighted by molar-refractivity contribution is -0.148. The Kier molecular flexibility index (Phi) is 7.59. The standard InChI is InChI=1S/C18H20FN3O5S/c1-22(28(25,26)16-3-2-9-20-11-16)12-18(24)27-13-17(23)21-10-8-14-4-6-15(19)7-5-14/h2-7,9,11H,8,10,12-13H2,1H3,(H,21,23). The lowest BCUT2D eigenvalue weighted by Crippen LogP contribution is -2.35. The summed E-state index contributed by atoms with van der Waals surface area (Å²) in [5.74, 6) is -1.72. The maximum absolute atomic E-state index is 12.8. The number of sulfonamides is 1. The molecule has 0 radical (unpaired) electrons. The maximum atomic E-state index is 12.8. The van der Waals surface area contributed by atoms with Gasteiger partial charge >= 0.3 is 5.97 Å². The number of amides is 1. The van der Waals surface area contributed by atoms with Gasteiger partial charge in [-0.15, -0.1) is 0 Å². The Morgan fingerprint density at radius 3 is 2.57 bits per heavy atom. The normalized spacial score (nSPS) is 11.2. The van der Waals surface area contributed by atoms with Gasteiger partial charge in [-0.2, -0.15) is 4.31 Å². The fraction of sp³-hybridized carbons (Fsp3) is 0.278. The van der Waals surface area contributed by atoms with Crippen molar-refractivity contribution in [1.29, 1.82) is 0 Å². The summed E-state index contributed by atoms with van der Waals surface area (Å²) < 4.78 is 43.0. The first-order chi connectivity index (χ1) is 13.3. The molecule has 0 aliphatic carbocycles. The fourth-order valence-electron chi connectivity index (χ4n) is 2.19. The summed E-state index contributed by atoms with van der Waals surface area (Å²) in [6, 6.07) is 8.71. The van der Waals surface area contributed by atoms with Crippen LogP contribution in [0.15, 0.2) is 53.7 Å². The Balaban J connectivity index is 1.72. The molecule has 2 rings (SSSR count). The van der Waals surface area contributed by atoms with Gasteiger partial charge in [0.1, 0.15) is 17.3 Å². The molecule has 10 heteroatoms. The fourth-order valence-corrected chi connectivity index (χ4v) is 3.27. The molecular weight excluding hydrogens is 389 g/mol. The summed E-state index contributed by atoms with van der Waals surface area (Å²) in [5, 5.41) is 2.56. The average molecular weight is 409 g/mol. The van der Waals surface area contributed by atoms with E-state index in [0.29, 0.717) is 6.42 Å². The molecule has 0 aliphatic heterocycles. The number of halogens is 1. The number of esters is 1. The van der Waals surface area contributed by atoms with Crippen LogP contribution in [-0.2, 0) is 30.8 Å². The van der Waals surface area contributed by atoms with Crippen molar-refractivity contribution in [3.8, 4) is 0 Å². The number of hydrogen-bond acceptors (Lipinski definition) is 6. The summed E-state index contributed by atoms with van der Waals surface area (Å²) in [4.78, 5) is 27.2. The molecule has 1 N–H and O–H groups in total. The largest absolute Gasteiger partial charge is 0.455 e. The molecule has 0 bridgehead atoms. The van der Waals surface area contributed by atoms with E-state index in [1.165, 1.54) is 43.7 Å². The zero-order valence-electron chi connectivity index (χ0n) is 15.2. The number of benzene rings is 1. The Labute approximate surface area is 162 Å². The number of hydrogen-bond donors (Lipinski definition) is 1. The van der Waals surface area contributed by atoms with Crippen molar-refractivity contribution in [3.63, 3.8) is 0 Å². The first-order valence-electron chi connectivity index (χ1n) is 8.32. The third kappa shape index (κ3) is 6.39. The number of aromatic nitrogens is 1. The van der Waals surface area contributed by atoms with Crippen LogP contribution in [0, 0.1) is 5.82 Å². The van der Waals surface area contributed by atoms with Gasteiger partial charge in [0, 0.05) is 26.0 Å². The lowest BCUT2D eigenvalue weighted by atomic mass is 10.1. The van der Waals surface area contributed by atoms with Crippen molar-refractivity contribution in [2.75, 3.05) is 26.7 Å². The summed E-state index contributed by atoms with van der Waals surface area (Å²) in [6.45, 7) is -0.777. The molecule has 150 valence electrons. The second-order valence-corrected chi connectivity index (χ2v) is 7.88. The zero-order chi connectivity index (χ0) is 20.6. The number of nitrogens with zero attached hydrogens (tertiary/aromatic N) is 2. The van der Waals surface area contributed by atoms with Gasteiger partial charge < -0.3 is 10.1 Å². The highest BCUT2D eigenvalue weighted by atomic mass is 32.2. The van der Waals surface area contributed by atoms with Crippen molar-refractivity contribution < 1.29 is 27.1 Å². The minimum atomic E-state index is -3.88. The molecule has 0 saturated heterocycles. The zero-order valence-corrected chi connectivity index (χ0v) is 16.0. The van der Waals surface area contributed by atoms with Crippen molar-refractivity contribution in [3.05, 3.63) is 60.2 Å². The highest BCUT2D eigenvalue weighted by Gasteiger charge is 2.23. The molecule has 0 atom stereocenters. The number of pyridine rings is 1. The molecule has 1 amide bonds. The Morgan fingerprint density at radius 2 is 1.93 bits per heavy atom. The third-order valence-corrected chi connectivity index (χ3v) is 5.49. The predicted octanol–water partition coefficient (Wildman–Crippen LogP) is 0.743. The number of likely N-dealkylation sites (N-methyl/N-ethyl adjacent to an activating group) is 1. The van der Waals surface area contributed by atoms with Crippen LogP contribution in [0.4, 0.5) is 4.39 Å². The average Bonchev–Trinajstić information content (AvgIpc) is 2.68. The van der Waals surface area contributed by atoms with E-state index in [0.717, 1.165) is 9.87 Å². The van der Waals surface area contributed by atoms with Gasteiger partial charge in [0.25, 0.3) is 5.91 Å². The van der Waals surface area contributed by atoms with Crippen molar-refractivity contribution in [1.82, 2.24) is 14.6 Å². The Hall–Kier alpha value is -2.85. The molecule has 0 saturated carbocycles. The van der Waals surface area contributed by atoms with Crippen LogP contribution >= 0.6 is 0 Å². The van der Waals surface area contributed by atoms with Crippen molar-refractivity contribution in [2.24, 2.45) is 0 Å². The summed E-state index contributed by atoms with van der Waals surface area (Å²) in [7, 11) is -2.65. The quantitative estimate of drug-likeness (QED) is 0.613. The summed E-state index contributed by atoms with van der Waals surface area (Å²) in [6.07, 6.45) is 3.10. The second-order valence-electron chi connectivity index (χ2n) is 5.84. The summed E-state index contributed by atoms with van der Waals surface area (Å²) in [5.41, 5.74) is 0.848. The molecule has 0 unspecified atom stereocenters. The number of carbonyl (C=O) groups is 2. The maximum Gasteiger partial charge on any atom is 0.321 e. The predicted molar refractivity (Wildman–Crippen MR) is 98.1 cm³/mol. The molecule has 8 nitrogen and oxygen atoms in total. The molecule has 1 aromatic carbocycles. The van der Waals surface area contributed by atoms with Crippen LogP contribution in [-0.4, -0.2) is 56.3 Å². The minimum Gasteiger partial charge on any atom is -0.455 e. The highest BCUT2D eigenvalue weighted by molar-refractivity contribution is 7.89. The molecule has 1 aromatic heterocycles. The van der Waals surface area contributed by atoms with Crippen LogP contribution < -0.4 is 5.32 Å². The van der Waals surface area contributed by atoms with E-state index in [2.05, 4.69) is 10.3 Å². The topological polar surface area (TPSA) is 106 Å². The van der Waals surface area contributed by atoms with Crippen LogP contribution in [0.1, 0.15) is 5.56 Å². The van der Waals surface area contributed by atoms with E-state index >= 15 is 0 Å². The second kappa shape index (κ2) is 9.90. The monoisotopic (exact) mass is 409 g/mol. The van der Waals surface area contributed by atoms with E-state index in [1.54, 1.807) is 12.1 Å². The third-order valence-electron chi connectivity index (χ3n) is 3.71. The van der Waals surface area contributed by atoms with Gasteiger partial charge in [-0.3, -0.25) is 14.6 Å². The van der Waals surface area contributed by atoms with Gasteiger partial charge in [-0.25, -0.2) is 12.8 Å². The molecule has 1 heterocycles. The van der Waals surface area contributed by atoms with E-state index < -0.39 is 35.1 Å². The van der Waals surface area contributed by atoms with E-state index in [4.69, 9.17) is 4.74 Å². The molecule has 0 fully saturated rings. The Bertz CT molecular complexity index is 905. The molecule has 0 spiro atoms. The SMILES string of the molecule is CN(CC(=O)OCC(=O)NCCc1ccc(F)cc1)S(=O)(=O)c1cccnc1. The van der Waals surface area contributed by atoms with Crippen LogP contribution in [0.2, 0.25) is 0 Å². The smallest absolute Gasteiger partial charge is 0.321 e. The molecule has 0 aliphatic rings. The van der Waals surface area contributed by atoms with Crippen molar-refractivity contribution in [2.45, 2.75) is 11.3 Å². The van der Waals surface area contributed by atoms with Gasteiger partial charge in [0.15, 0.2) is 6.61 Å². The first kappa shape index (κ1) is 21.5. The number of rotatable bonds is 9. The highest BCUT2D eigenvalue weighted by Crippen LogP contribution is 2.12. The van der Waals surface area contributed by atoms with Gasteiger partial charge in [-0.05, 0) is 36.2 Å². The van der Waals surface area contributed by atoms with Crippen LogP contribution in [0.25, 0.3) is 0 Å². The van der Waals surface area contributed by atoms with Gasteiger partial charge in [-0.1, -0.05) is 12.1 Å². The summed E-state index contributed by atoms with van der Waals surface area (Å²) >= 11 is 0. The minimum absolute atomic E-state index is 0.0520. The number of carbonyl (C=O) groups excluding carboxylic acids is 2.